The molecule has 2 rings (SSSR count). The number of aryl methyl sites for hydroxylation is 1. The molecule has 0 unspecified atom stereocenters. The first-order valence-corrected chi connectivity index (χ1v) is 6.41. The molecule has 0 bridgehead atoms. The smallest absolute Gasteiger partial charge is 0.326 e. The van der Waals surface area contributed by atoms with Crippen LogP contribution in [0.4, 0.5) is 0 Å². The zero-order valence-corrected chi connectivity index (χ0v) is 11.0. The van der Waals surface area contributed by atoms with Gasteiger partial charge in [-0.2, -0.15) is 0 Å². The Balaban J connectivity index is 2.20. The summed E-state index contributed by atoms with van der Waals surface area (Å²) in [6, 6.07) is 1.10. The molecule has 4 nitrogen and oxygen atoms in total. The summed E-state index contributed by atoms with van der Waals surface area (Å²) in [5.41, 5.74) is 0.600. The first kappa shape index (κ1) is 11.6. The molecule has 1 atom stereocenters. The maximum atomic E-state index is 12.0. The van der Waals surface area contributed by atoms with Crippen molar-refractivity contribution in [3.63, 3.8) is 0 Å². The van der Waals surface area contributed by atoms with E-state index in [1.807, 2.05) is 6.92 Å². The molecule has 1 aliphatic heterocycles. The quantitative estimate of drug-likeness (QED) is 0.910. The maximum absolute atomic E-state index is 12.0. The zero-order chi connectivity index (χ0) is 11.9. The molecule has 0 saturated carbocycles. The van der Waals surface area contributed by atoms with Crippen LogP contribution in [0.25, 0.3) is 0 Å². The Morgan fingerprint density at radius 2 is 2.31 bits per heavy atom. The van der Waals surface area contributed by atoms with E-state index >= 15 is 0 Å². The van der Waals surface area contributed by atoms with E-state index in [4.69, 9.17) is 5.11 Å². The summed E-state index contributed by atoms with van der Waals surface area (Å²) >= 11 is 4.80. The maximum Gasteiger partial charge on any atom is 0.326 e. The Morgan fingerprint density at radius 1 is 1.62 bits per heavy atom. The van der Waals surface area contributed by atoms with Crippen molar-refractivity contribution in [2.24, 2.45) is 0 Å². The summed E-state index contributed by atoms with van der Waals surface area (Å²) in [5, 5.41) is 8.87. The fraction of sp³-hybridized carbons (Fsp3) is 0.400. The largest absolute Gasteiger partial charge is 0.480 e. The molecule has 0 spiro atoms. The summed E-state index contributed by atoms with van der Waals surface area (Å²) in [6.07, 6.45) is 0.547. The third kappa shape index (κ3) is 1.87. The Hall–Kier alpha value is -0.880. The van der Waals surface area contributed by atoms with Gasteiger partial charge in [0.1, 0.15) is 6.04 Å². The van der Waals surface area contributed by atoms with E-state index in [2.05, 4.69) is 15.9 Å². The molecule has 16 heavy (non-hydrogen) atoms. The third-order valence-electron chi connectivity index (χ3n) is 2.68. The second-order valence-corrected chi connectivity index (χ2v) is 6.30. The molecule has 1 aliphatic rings. The Morgan fingerprint density at radius 3 is 2.69 bits per heavy atom. The normalized spacial score (nSPS) is 19.4. The molecule has 1 amide bonds. The van der Waals surface area contributed by atoms with E-state index in [1.165, 1.54) is 16.2 Å². The number of hydrogen-bond donors (Lipinski definition) is 1. The van der Waals surface area contributed by atoms with Gasteiger partial charge in [-0.25, -0.2) is 4.79 Å². The van der Waals surface area contributed by atoms with Gasteiger partial charge in [0, 0.05) is 11.4 Å². The number of carbonyl (C=O) groups is 2. The van der Waals surface area contributed by atoms with Gasteiger partial charge < -0.3 is 10.0 Å². The minimum Gasteiger partial charge on any atom is -0.480 e. The van der Waals surface area contributed by atoms with Crippen molar-refractivity contribution in [2.75, 3.05) is 6.54 Å². The molecule has 0 aromatic carbocycles. The number of amides is 1. The number of thiophene rings is 1. The zero-order valence-electron chi connectivity index (χ0n) is 8.57. The van der Waals surface area contributed by atoms with Gasteiger partial charge in [-0.05, 0) is 35.3 Å². The molecule has 6 heteroatoms. The standard InChI is InChI=1S/C10H10BrNO3S/c1-5-6(4-8(11)16-5)9(13)12-3-2-7(12)10(14)15/h4,7H,2-3H2,1H3,(H,14,15)/t7-/m0/s1. The molecule has 1 N–H and O–H groups in total. The van der Waals surface area contributed by atoms with E-state index in [-0.39, 0.29) is 5.91 Å². The molecule has 1 aromatic heterocycles. The molecular formula is C10H10BrNO3S. The first-order chi connectivity index (χ1) is 7.50. The molecule has 1 fully saturated rings. The van der Waals surface area contributed by atoms with E-state index in [0.29, 0.717) is 18.5 Å². The Labute approximate surface area is 105 Å². The Bertz CT molecular complexity index is 457. The average Bonchev–Trinajstić information content (AvgIpc) is 2.41. The number of carbonyl (C=O) groups excluding carboxylic acids is 1. The van der Waals surface area contributed by atoms with Crippen molar-refractivity contribution in [1.82, 2.24) is 4.90 Å². The highest BCUT2D eigenvalue weighted by Gasteiger charge is 2.38. The van der Waals surface area contributed by atoms with Crippen LogP contribution in [0.3, 0.4) is 0 Å². The lowest BCUT2D eigenvalue weighted by atomic mass is 10.0. The van der Waals surface area contributed by atoms with Gasteiger partial charge in [-0.15, -0.1) is 11.3 Å². The SMILES string of the molecule is Cc1sc(Br)cc1C(=O)N1CC[C@H]1C(=O)O. The fourth-order valence-corrected chi connectivity index (χ4v) is 3.38. The molecule has 0 radical (unpaired) electrons. The number of likely N-dealkylation sites (tertiary alicyclic amines) is 1. The summed E-state index contributed by atoms with van der Waals surface area (Å²) in [7, 11) is 0. The predicted octanol–water partition coefficient (Wildman–Crippen LogP) is 2.12. The van der Waals surface area contributed by atoms with Crippen molar-refractivity contribution in [1.29, 1.82) is 0 Å². The number of hydrogen-bond acceptors (Lipinski definition) is 3. The molecule has 2 heterocycles. The highest BCUT2D eigenvalue weighted by molar-refractivity contribution is 9.11. The van der Waals surface area contributed by atoms with Crippen LogP contribution < -0.4 is 0 Å². The summed E-state index contributed by atoms with van der Waals surface area (Å²) < 4.78 is 0.890. The van der Waals surface area contributed by atoms with Crippen LogP contribution in [0, 0.1) is 6.92 Å². The molecule has 86 valence electrons. The minimum atomic E-state index is -0.924. The fourth-order valence-electron chi connectivity index (χ4n) is 1.70. The van der Waals surface area contributed by atoms with Crippen LogP contribution >= 0.6 is 27.3 Å². The lowest BCUT2D eigenvalue weighted by Gasteiger charge is -2.37. The van der Waals surface area contributed by atoms with E-state index < -0.39 is 12.0 Å². The van der Waals surface area contributed by atoms with Crippen molar-refractivity contribution in [2.45, 2.75) is 19.4 Å². The molecule has 0 aliphatic carbocycles. The number of nitrogens with zero attached hydrogens (tertiary/aromatic N) is 1. The van der Waals surface area contributed by atoms with Crippen LogP contribution in [0.15, 0.2) is 9.85 Å². The van der Waals surface area contributed by atoms with Gasteiger partial charge in [-0.1, -0.05) is 0 Å². The van der Waals surface area contributed by atoms with Gasteiger partial charge in [0.25, 0.3) is 5.91 Å². The lowest BCUT2D eigenvalue weighted by Crippen LogP contribution is -2.55. The van der Waals surface area contributed by atoms with Crippen LogP contribution in [-0.2, 0) is 4.79 Å². The first-order valence-electron chi connectivity index (χ1n) is 4.80. The van der Waals surface area contributed by atoms with Crippen LogP contribution in [0.2, 0.25) is 0 Å². The minimum absolute atomic E-state index is 0.182. The van der Waals surface area contributed by atoms with E-state index in [9.17, 15) is 9.59 Å². The average molecular weight is 304 g/mol. The van der Waals surface area contributed by atoms with Crippen LogP contribution in [0.5, 0.6) is 0 Å². The second kappa shape index (κ2) is 4.18. The van der Waals surface area contributed by atoms with Gasteiger partial charge >= 0.3 is 5.97 Å². The topological polar surface area (TPSA) is 57.6 Å². The number of carboxylic acid groups (broad SMARTS) is 1. The highest BCUT2D eigenvalue weighted by Crippen LogP contribution is 2.29. The number of halogens is 1. The van der Waals surface area contributed by atoms with Crippen LogP contribution in [0.1, 0.15) is 21.7 Å². The number of aliphatic carboxylic acids is 1. The second-order valence-electron chi connectivity index (χ2n) is 3.66. The summed E-state index contributed by atoms with van der Waals surface area (Å²) in [5.74, 6) is -1.11. The lowest BCUT2D eigenvalue weighted by molar-refractivity contribution is -0.146. The predicted molar refractivity (Wildman–Crippen MR) is 63.8 cm³/mol. The Kier molecular flexibility index (Phi) is 3.03. The number of rotatable bonds is 2. The summed E-state index contributed by atoms with van der Waals surface area (Å²) in [6.45, 7) is 2.39. The van der Waals surface area contributed by atoms with Gasteiger partial charge in [0.2, 0.25) is 0 Å². The highest BCUT2D eigenvalue weighted by atomic mass is 79.9. The summed E-state index contributed by atoms with van der Waals surface area (Å²) in [4.78, 5) is 25.2. The van der Waals surface area contributed by atoms with Crippen molar-refractivity contribution in [3.8, 4) is 0 Å². The van der Waals surface area contributed by atoms with Gasteiger partial charge in [-0.3, -0.25) is 4.79 Å². The number of carboxylic acids is 1. The van der Waals surface area contributed by atoms with Gasteiger partial charge in [0.05, 0.1) is 9.35 Å². The molecular weight excluding hydrogens is 294 g/mol. The van der Waals surface area contributed by atoms with Gasteiger partial charge in [0.15, 0.2) is 0 Å². The van der Waals surface area contributed by atoms with Crippen molar-refractivity contribution < 1.29 is 14.7 Å². The van der Waals surface area contributed by atoms with Crippen molar-refractivity contribution in [3.05, 3.63) is 20.3 Å². The van der Waals surface area contributed by atoms with E-state index in [0.717, 1.165) is 8.66 Å². The van der Waals surface area contributed by atoms with Crippen LogP contribution in [-0.4, -0.2) is 34.5 Å². The molecule has 1 saturated heterocycles. The van der Waals surface area contributed by atoms with Crippen molar-refractivity contribution >= 4 is 39.1 Å². The van der Waals surface area contributed by atoms with E-state index in [1.54, 1.807) is 6.07 Å². The third-order valence-corrected chi connectivity index (χ3v) is 4.24. The monoisotopic (exact) mass is 303 g/mol. The molecule has 1 aromatic rings.